The highest BCUT2D eigenvalue weighted by molar-refractivity contribution is 6.99. The summed E-state index contributed by atoms with van der Waals surface area (Å²) in [5, 5.41) is 11.9. The molecule has 0 spiro atoms. The first kappa shape index (κ1) is 27.0. The van der Waals surface area contributed by atoms with Crippen molar-refractivity contribution in [1.29, 1.82) is 0 Å². The van der Waals surface area contributed by atoms with Crippen LogP contribution in [0.25, 0.3) is 0 Å². The maximum atomic E-state index is 9.32. The van der Waals surface area contributed by atoms with Gasteiger partial charge >= 0.3 is 0 Å². The van der Waals surface area contributed by atoms with Crippen LogP contribution in [0.5, 0.6) is 0 Å². The van der Waals surface area contributed by atoms with Gasteiger partial charge in [0.1, 0.15) is 11.7 Å². The van der Waals surface area contributed by atoms with Gasteiger partial charge in [0.05, 0.1) is 36.6 Å². The number of rotatable bonds is 12. The number of hydrogen-bond acceptors (Lipinski definition) is 5. The Morgan fingerprint density at radius 1 is 0.730 bits per heavy atom. The molecule has 0 aromatic heterocycles. The van der Waals surface area contributed by atoms with Gasteiger partial charge in [-0.3, -0.25) is 0 Å². The van der Waals surface area contributed by atoms with E-state index >= 15 is 0 Å². The van der Waals surface area contributed by atoms with E-state index in [9.17, 15) is 5.11 Å². The Morgan fingerprint density at radius 2 is 1.16 bits per heavy atom. The van der Waals surface area contributed by atoms with Gasteiger partial charge in [-0.15, -0.1) is 0 Å². The maximum Gasteiger partial charge on any atom is 0.261 e. The predicted octanol–water partition coefficient (Wildman–Crippen LogP) is 4.59. The smallest absolute Gasteiger partial charge is 0.261 e. The third kappa shape index (κ3) is 5.21. The highest BCUT2D eigenvalue weighted by Crippen LogP contribution is 2.50. The van der Waals surface area contributed by atoms with Crippen LogP contribution in [0, 0.1) is 0 Å². The fourth-order valence-corrected chi connectivity index (χ4v) is 10.9. The van der Waals surface area contributed by atoms with E-state index in [1.807, 2.05) is 0 Å². The zero-order chi connectivity index (χ0) is 26.5. The standard InChI is InChI=1S/C31H44O5Si/c1-28(2,3)37(23-13-9-7-10-14-23,24-15-11-8-12-16-24)33-22-31(6)26(35-31)18-19-29(4)25(34-29)17-20-30(5)27(21-32)36-30/h7-16,25-27,32H,17-22H2,1-6H3/t25-,26-,27-,29-,30-,31-/m1/s1. The third-order valence-electron chi connectivity index (χ3n) is 9.07. The Hall–Kier alpha value is -1.54. The normalized spacial score (nSPS) is 34.8. The monoisotopic (exact) mass is 524 g/mol. The maximum absolute atomic E-state index is 9.32. The zero-order valence-corrected chi connectivity index (χ0v) is 24.3. The fourth-order valence-electron chi connectivity index (χ4n) is 6.25. The number of aliphatic hydroxyl groups is 1. The molecule has 6 heteroatoms. The predicted molar refractivity (Wildman–Crippen MR) is 149 cm³/mol. The van der Waals surface area contributed by atoms with E-state index in [0.717, 1.165) is 25.7 Å². The van der Waals surface area contributed by atoms with E-state index in [2.05, 4.69) is 102 Å². The van der Waals surface area contributed by atoms with Gasteiger partial charge in [-0.05, 0) is 61.9 Å². The Balaban J connectivity index is 1.21. The molecule has 0 aliphatic carbocycles. The molecular formula is C31H44O5Si. The Morgan fingerprint density at radius 3 is 1.62 bits per heavy atom. The lowest BCUT2D eigenvalue weighted by molar-refractivity contribution is 0.192. The van der Waals surface area contributed by atoms with Crippen LogP contribution in [-0.2, 0) is 18.6 Å². The van der Waals surface area contributed by atoms with E-state index < -0.39 is 8.32 Å². The second-order valence-corrected chi connectivity index (χ2v) is 17.3. The minimum atomic E-state index is -2.57. The molecule has 3 fully saturated rings. The first-order valence-electron chi connectivity index (χ1n) is 13.9. The summed E-state index contributed by atoms with van der Waals surface area (Å²) in [5.74, 6) is 0. The van der Waals surface area contributed by atoms with E-state index in [1.165, 1.54) is 10.4 Å². The highest BCUT2D eigenvalue weighted by atomic mass is 28.4. The Bertz CT molecular complexity index is 1030. The first-order valence-corrected chi connectivity index (χ1v) is 15.8. The van der Waals surface area contributed by atoms with Crippen LogP contribution >= 0.6 is 0 Å². The number of epoxide rings is 3. The number of aliphatic hydroxyl groups excluding tert-OH is 1. The minimum Gasteiger partial charge on any atom is -0.404 e. The molecule has 0 unspecified atom stereocenters. The van der Waals surface area contributed by atoms with Crippen LogP contribution in [0.1, 0.15) is 67.2 Å². The molecule has 3 aliphatic rings. The van der Waals surface area contributed by atoms with Crippen molar-refractivity contribution in [3.05, 3.63) is 60.7 Å². The van der Waals surface area contributed by atoms with Crippen LogP contribution in [0.2, 0.25) is 5.04 Å². The van der Waals surface area contributed by atoms with Gasteiger partial charge in [0.2, 0.25) is 0 Å². The van der Waals surface area contributed by atoms with Gasteiger partial charge in [0, 0.05) is 0 Å². The molecule has 3 saturated heterocycles. The third-order valence-corrected chi connectivity index (χ3v) is 14.1. The Kier molecular flexibility index (Phi) is 7.00. The molecule has 0 radical (unpaired) electrons. The summed E-state index contributed by atoms with van der Waals surface area (Å²) in [6.07, 6.45) is 4.32. The van der Waals surface area contributed by atoms with Crippen LogP contribution in [0.3, 0.4) is 0 Å². The molecule has 3 aliphatic heterocycles. The second kappa shape index (κ2) is 9.58. The van der Waals surface area contributed by atoms with Crippen molar-refractivity contribution >= 4 is 18.7 Å². The van der Waals surface area contributed by atoms with Gasteiger partial charge in [-0.1, -0.05) is 81.4 Å². The summed E-state index contributed by atoms with van der Waals surface area (Å²) in [5.41, 5.74) is -0.513. The lowest BCUT2D eigenvalue weighted by Gasteiger charge is -2.43. The van der Waals surface area contributed by atoms with E-state index in [-0.39, 0.29) is 46.8 Å². The van der Waals surface area contributed by atoms with Gasteiger partial charge < -0.3 is 23.7 Å². The summed E-state index contributed by atoms with van der Waals surface area (Å²) in [4.78, 5) is 0. The van der Waals surface area contributed by atoms with Crippen LogP contribution in [0.15, 0.2) is 60.7 Å². The molecule has 5 nitrogen and oxygen atoms in total. The summed E-state index contributed by atoms with van der Waals surface area (Å²) in [6.45, 7) is 14.1. The number of ether oxygens (including phenoxy) is 3. The van der Waals surface area contributed by atoms with Crippen molar-refractivity contribution in [2.45, 2.75) is 107 Å². The molecule has 2 aromatic carbocycles. The quantitative estimate of drug-likeness (QED) is 0.325. The van der Waals surface area contributed by atoms with Crippen molar-refractivity contribution in [3.8, 4) is 0 Å². The molecule has 2 aromatic rings. The van der Waals surface area contributed by atoms with E-state index in [4.69, 9.17) is 18.6 Å². The number of hydrogen-bond donors (Lipinski definition) is 1. The molecule has 0 bridgehead atoms. The van der Waals surface area contributed by atoms with Crippen molar-refractivity contribution in [2.24, 2.45) is 0 Å². The van der Waals surface area contributed by atoms with Crippen molar-refractivity contribution in [1.82, 2.24) is 0 Å². The second-order valence-electron chi connectivity index (χ2n) is 13.0. The van der Waals surface area contributed by atoms with Gasteiger partial charge in [0.15, 0.2) is 0 Å². The summed E-state index contributed by atoms with van der Waals surface area (Å²) in [6, 6.07) is 21.6. The largest absolute Gasteiger partial charge is 0.404 e. The SMILES string of the molecule is CC(C)(C)[Si](OC[C@@]1(C)O[C@@H]1CC[C@@]1(C)O[C@@H]1CC[C@@]1(C)O[C@@H]1CO)(c1ccccc1)c1ccccc1. The number of benzene rings is 2. The van der Waals surface area contributed by atoms with Gasteiger partial charge in [-0.2, -0.15) is 0 Å². The van der Waals surface area contributed by atoms with Crippen LogP contribution < -0.4 is 10.4 Å². The molecule has 1 N–H and O–H groups in total. The zero-order valence-electron chi connectivity index (χ0n) is 23.3. The van der Waals surface area contributed by atoms with Gasteiger partial charge in [0.25, 0.3) is 8.32 Å². The molecule has 3 heterocycles. The summed E-state index contributed by atoms with van der Waals surface area (Å²) < 4.78 is 25.2. The molecule has 6 atom stereocenters. The molecule has 202 valence electrons. The summed E-state index contributed by atoms with van der Waals surface area (Å²) in [7, 11) is -2.57. The average molecular weight is 525 g/mol. The van der Waals surface area contributed by atoms with Crippen LogP contribution in [-0.4, -0.2) is 61.8 Å². The fraction of sp³-hybridized carbons (Fsp3) is 0.613. The van der Waals surface area contributed by atoms with E-state index in [0.29, 0.717) is 6.61 Å². The van der Waals surface area contributed by atoms with Gasteiger partial charge in [-0.25, -0.2) is 0 Å². The average Bonchev–Trinajstić information content (AvgIpc) is 3.82. The van der Waals surface area contributed by atoms with Crippen molar-refractivity contribution < 1.29 is 23.7 Å². The molecule has 0 saturated carbocycles. The van der Waals surface area contributed by atoms with E-state index in [1.54, 1.807) is 0 Å². The Labute approximate surface area is 223 Å². The minimum absolute atomic E-state index is 0.00591. The lowest BCUT2D eigenvalue weighted by Crippen LogP contribution is -2.67. The summed E-state index contributed by atoms with van der Waals surface area (Å²) >= 11 is 0. The first-order chi connectivity index (χ1) is 17.5. The molecule has 0 amide bonds. The molecule has 37 heavy (non-hydrogen) atoms. The topological polar surface area (TPSA) is 67.0 Å². The lowest BCUT2D eigenvalue weighted by atomic mass is 9.92. The van der Waals surface area contributed by atoms with Crippen LogP contribution in [0.4, 0.5) is 0 Å². The molecule has 5 rings (SSSR count). The highest BCUT2D eigenvalue weighted by Gasteiger charge is 2.60. The molecular weight excluding hydrogens is 480 g/mol. The van der Waals surface area contributed by atoms with Crippen molar-refractivity contribution in [2.75, 3.05) is 13.2 Å². The van der Waals surface area contributed by atoms with Crippen molar-refractivity contribution in [3.63, 3.8) is 0 Å².